The van der Waals surface area contributed by atoms with E-state index in [2.05, 4.69) is 10.0 Å². The summed E-state index contributed by atoms with van der Waals surface area (Å²) < 4.78 is 25.2. The van der Waals surface area contributed by atoms with E-state index in [1.165, 1.54) is 18.2 Å². The molecule has 0 aromatic heterocycles. The molecule has 0 saturated carbocycles. The largest absolute Gasteiger partial charge is 0.322 e. The maximum atomic E-state index is 12.5. The van der Waals surface area contributed by atoms with Crippen molar-refractivity contribution in [1.82, 2.24) is 0 Å². The van der Waals surface area contributed by atoms with Gasteiger partial charge in [-0.1, -0.05) is 17.7 Å². The SMILES string of the molecule is Cc1ccc(NC(=O)c2cc(Cl)ccc2NS(C)(=O)=O)cc1C. The number of carbonyl (C=O) groups is 1. The van der Waals surface area contributed by atoms with Crippen molar-refractivity contribution in [3.63, 3.8) is 0 Å². The normalized spacial score (nSPS) is 11.1. The highest BCUT2D eigenvalue weighted by Crippen LogP contribution is 2.23. The highest BCUT2D eigenvalue weighted by atomic mass is 35.5. The second-order valence-corrected chi connectivity index (χ2v) is 7.50. The highest BCUT2D eigenvalue weighted by Gasteiger charge is 2.15. The highest BCUT2D eigenvalue weighted by molar-refractivity contribution is 7.92. The predicted octanol–water partition coefficient (Wildman–Crippen LogP) is 3.58. The molecule has 0 aliphatic carbocycles. The van der Waals surface area contributed by atoms with Gasteiger partial charge in [0.1, 0.15) is 0 Å². The molecule has 0 aliphatic rings. The summed E-state index contributed by atoms with van der Waals surface area (Å²) in [6.07, 6.45) is 1.02. The van der Waals surface area contributed by atoms with E-state index in [1.54, 1.807) is 6.07 Å². The van der Waals surface area contributed by atoms with Crippen LogP contribution >= 0.6 is 11.6 Å². The number of halogens is 1. The topological polar surface area (TPSA) is 75.3 Å². The monoisotopic (exact) mass is 352 g/mol. The Bertz CT molecular complexity index is 864. The lowest BCUT2D eigenvalue weighted by atomic mass is 10.1. The van der Waals surface area contributed by atoms with E-state index in [1.807, 2.05) is 26.0 Å². The van der Waals surface area contributed by atoms with Crippen LogP contribution in [0, 0.1) is 13.8 Å². The Hall–Kier alpha value is -2.05. The molecule has 2 aromatic rings. The number of sulfonamides is 1. The fraction of sp³-hybridized carbons (Fsp3) is 0.188. The summed E-state index contributed by atoms with van der Waals surface area (Å²) in [5.74, 6) is -0.443. The van der Waals surface area contributed by atoms with Gasteiger partial charge in [-0.3, -0.25) is 9.52 Å². The molecule has 0 bridgehead atoms. The number of benzene rings is 2. The van der Waals surface area contributed by atoms with Crippen molar-refractivity contribution in [1.29, 1.82) is 0 Å². The number of amides is 1. The van der Waals surface area contributed by atoms with Crippen LogP contribution in [-0.4, -0.2) is 20.6 Å². The number of hydrogen-bond acceptors (Lipinski definition) is 3. The molecule has 0 spiro atoms. The summed E-state index contributed by atoms with van der Waals surface area (Å²) in [6.45, 7) is 3.92. The third kappa shape index (κ3) is 4.71. The minimum absolute atomic E-state index is 0.154. The zero-order valence-corrected chi connectivity index (χ0v) is 14.5. The third-order valence-corrected chi connectivity index (χ3v) is 4.11. The molecule has 5 nitrogen and oxygen atoms in total. The van der Waals surface area contributed by atoms with E-state index >= 15 is 0 Å². The van der Waals surface area contributed by atoms with Crippen LogP contribution in [0.2, 0.25) is 5.02 Å². The second kappa shape index (κ2) is 6.60. The van der Waals surface area contributed by atoms with E-state index in [4.69, 9.17) is 11.6 Å². The van der Waals surface area contributed by atoms with Gasteiger partial charge < -0.3 is 5.32 Å². The van der Waals surface area contributed by atoms with Crippen LogP contribution < -0.4 is 10.0 Å². The van der Waals surface area contributed by atoms with Gasteiger partial charge in [-0.15, -0.1) is 0 Å². The van der Waals surface area contributed by atoms with Crippen LogP contribution in [0.1, 0.15) is 21.5 Å². The van der Waals surface area contributed by atoms with Gasteiger partial charge in [0.15, 0.2) is 0 Å². The fourth-order valence-electron chi connectivity index (χ4n) is 2.01. The lowest BCUT2D eigenvalue weighted by Gasteiger charge is -2.12. The summed E-state index contributed by atoms with van der Waals surface area (Å²) in [5, 5.41) is 3.09. The van der Waals surface area contributed by atoms with Crippen molar-refractivity contribution in [3.05, 3.63) is 58.1 Å². The van der Waals surface area contributed by atoms with Crippen LogP contribution in [0.5, 0.6) is 0 Å². The van der Waals surface area contributed by atoms with Crippen LogP contribution in [0.4, 0.5) is 11.4 Å². The summed E-state index contributed by atoms with van der Waals surface area (Å²) in [4.78, 5) is 12.5. The Morgan fingerprint density at radius 2 is 1.74 bits per heavy atom. The average molecular weight is 353 g/mol. The Morgan fingerprint density at radius 3 is 2.35 bits per heavy atom. The van der Waals surface area contributed by atoms with Gasteiger partial charge in [0.2, 0.25) is 10.0 Å². The summed E-state index contributed by atoms with van der Waals surface area (Å²) in [7, 11) is -3.50. The van der Waals surface area contributed by atoms with E-state index in [0.717, 1.165) is 17.4 Å². The summed E-state index contributed by atoms with van der Waals surface area (Å²) >= 11 is 5.92. The van der Waals surface area contributed by atoms with Gasteiger partial charge in [-0.2, -0.15) is 0 Å². The fourth-order valence-corrected chi connectivity index (χ4v) is 2.76. The molecule has 0 fully saturated rings. The number of anilines is 2. The standard InChI is InChI=1S/C16H17ClN2O3S/c1-10-4-6-13(8-11(10)2)18-16(20)14-9-12(17)5-7-15(14)19-23(3,21)22/h4-9,19H,1-3H3,(H,18,20). The maximum Gasteiger partial charge on any atom is 0.257 e. The van der Waals surface area contributed by atoms with Gasteiger partial charge in [-0.05, 0) is 55.3 Å². The van der Waals surface area contributed by atoms with E-state index < -0.39 is 15.9 Å². The van der Waals surface area contributed by atoms with E-state index in [-0.39, 0.29) is 11.3 Å². The van der Waals surface area contributed by atoms with Gasteiger partial charge in [-0.25, -0.2) is 8.42 Å². The molecule has 0 saturated heterocycles. The first-order valence-electron chi connectivity index (χ1n) is 6.81. The van der Waals surface area contributed by atoms with Gasteiger partial charge >= 0.3 is 0 Å². The van der Waals surface area contributed by atoms with Crippen molar-refractivity contribution >= 4 is 38.9 Å². The molecule has 0 unspecified atom stereocenters. The number of carbonyl (C=O) groups excluding carboxylic acids is 1. The molecule has 2 aromatic carbocycles. The molecule has 122 valence electrons. The molecule has 0 radical (unpaired) electrons. The lowest BCUT2D eigenvalue weighted by molar-refractivity contribution is 0.102. The molecule has 2 rings (SSSR count). The Morgan fingerprint density at radius 1 is 1.04 bits per heavy atom. The number of hydrogen-bond donors (Lipinski definition) is 2. The van der Waals surface area contributed by atoms with Crippen molar-refractivity contribution in [2.45, 2.75) is 13.8 Å². The zero-order valence-electron chi connectivity index (χ0n) is 13.0. The van der Waals surface area contributed by atoms with E-state index in [0.29, 0.717) is 10.7 Å². The van der Waals surface area contributed by atoms with Crippen molar-refractivity contribution < 1.29 is 13.2 Å². The van der Waals surface area contributed by atoms with Crippen LogP contribution in [0.15, 0.2) is 36.4 Å². The van der Waals surface area contributed by atoms with Crippen molar-refractivity contribution in [2.75, 3.05) is 16.3 Å². The molecule has 7 heteroatoms. The molecule has 2 N–H and O–H groups in total. The summed E-state index contributed by atoms with van der Waals surface area (Å²) in [5.41, 5.74) is 3.12. The zero-order chi connectivity index (χ0) is 17.2. The minimum Gasteiger partial charge on any atom is -0.322 e. The van der Waals surface area contributed by atoms with Gasteiger partial charge in [0.05, 0.1) is 17.5 Å². The minimum atomic E-state index is -3.50. The maximum absolute atomic E-state index is 12.5. The quantitative estimate of drug-likeness (QED) is 0.883. The van der Waals surface area contributed by atoms with Crippen LogP contribution in [0.3, 0.4) is 0 Å². The van der Waals surface area contributed by atoms with Crippen molar-refractivity contribution in [2.24, 2.45) is 0 Å². The van der Waals surface area contributed by atoms with Gasteiger partial charge in [0.25, 0.3) is 5.91 Å². The molecular weight excluding hydrogens is 336 g/mol. The molecule has 0 aliphatic heterocycles. The van der Waals surface area contributed by atoms with Crippen molar-refractivity contribution in [3.8, 4) is 0 Å². The number of aryl methyl sites for hydroxylation is 2. The molecule has 1 amide bonds. The molecule has 0 atom stereocenters. The number of nitrogens with one attached hydrogen (secondary N) is 2. The Kier molecular flexibility index (Phi) is 4.97. The van der Waals surface area contributed by atoms with E-state index in [9.17, 15) is 13.2 Å². The van der Waals surface area contributed by atoms with Gasteiger partial charge in [0, 0.05) is 10.7 Å². The molecule has 23 heavy (non-hydrogen) atoms. The van der Waals surface area contributed by atoms with Crippen LogP contribution in [-0.2, 0) is 10.0 Å². The Labute approximate surface area is 140 Å². The summed E-state index contributed by atoms with van der Waals surface area (Å²) in [6, 6.07) is 9.93. The average Bonchev–Trinajstić information content (AvgIpc) is 2.43. The first kappa shape index (κ1) is 17.3. The predicted molar refractivity (Wildman–Crippen MR) is 93.8 cm³/mol. The third-order valence-electron chi connectivity index (χ3n) is 3.29. The number of rotatable bonds is 4. The second-order valence-electron chi connectivity index (χ2n) is 5.32. The lowest BCUT2D eigenvalue weighted by Crippen LogP contribution is -2.17. The first-order chi connectivity index (χ1) is 10.7. The molecular formula is C16H17ClN2O3S. The first-order valence-corrected chi connectivity index (χ1v) is 9.08. The molecule has 0 heterocycles. The Balaban J connectivity index is 2.34. The smallest absolute Gasteiger partial charge is 0.257 e. The van der Waals surface area contributed by atoms with Crippen LogP contribution in [0.25, 0.3) is 0 Å².